The van der Waals surface area contributed by atoms with E-state index in [0.29, 0.717) is 0 Å². The van der Waals surface area contributed by atoms with Crippen LogP contribution in [0, 0.1) is 0 Å². The van der Waals surface area contributed by atoms with Crippen molar-refractivity contribution in [3.63, 3.8) is 0 Å². The van der Waals surface area contributed by atoms with E-state index >= 15 is 0 Å². The Hall–Kier alpha value is -0.500. The van der Waals surface area contributed by atoms with Crippen molar-refractivity contribution in [1.29, 1.82) is 0 Å². The Morgan fingerprint density at radius 1 is 1.44 bits per heavy atom. The molecule has 1 fully saturated rings. The van der Waals surface area contributed by atoms with Crippen molar-refractivity contribution in [2.24, 2.45) is 11.5 Å². The summed E-state index contributed by atoms with van der Waals surface area (Å²) in [4.78, 5) is 0. The van der Waals surface area contributed by atoms with Gasteiger partial charge in [-0.25, -0.2) is 0 Å². The maximum absolute atomic E-state index is 5.74. The van der Waals surface area contributed by atoms with Crippen molar-refractivity contribution in [2.75, 3.05) is 0 Å². The minimum atomic E-state index is 0.253. The minimum Gasteiger partial charge on any atom is -0.405 e. The minimum absolute atomic E-state index is 0.253. The largest absolute Gasteiger partial charge is 0.405 e. The van der Waals surface area contributed by atoms with Crippen LogP contribution in [0.15, 0.2) is 11.8 Å². The molecule has 9 heavy (non-hydrogen) atoms. The Morgan fingerprint density at radius 2 is 2.22 bits per heavy atom. The van der Waals surface area contributed by atoms with E-state index in [0.717, 1.165) is 12.8 Å². The second-order valence-electron chi connectivity index (χ2n) is 2.59. The van der Waals surface area contributed by atoms with E-state index in [1.807, 2.05) is 0 Å². The van der Waals surface area contributed by atoms with E-state index in [4.69, 9.17) is 11.5 Å². The lowest BCUT2D eigenvalue weighted by Gasteiger charge is -2.20. The van der Waals surface area contributed by atoms with Crippen LogP contribution >= 0.6 is 0 Å². The van der Waals surface area contributed by atoms with Crippen LogP contribution in [-0.2, 0) is 0 Å². The highest BCUT2D eigenvalue weighted by Crippen LogP contribution is 2.20. The molecule has 0 aromatic heterocycles. The Labute approximate surface area is 55.9 Å². The zero-order valence-electron chi connectivity index (χ0n) is 5.64. The summed E-state index contributed by atoms with van der Waals surface area (Å²) < 4.78 is 0. The molecule has 0 amide bonds. The van der Waals surface area contributed by atoms with Crippen molar-refractivity contribution in [3.05, 3.63) is 11.8 Å². The molecule has 0 radical (unpaired) electrons. The molecule has 0 spiro atoms. The van der Waals surface area contributed by atoms with Crippen LogP contribution in [-0.4, -0.2) is 6.04 Å². The summed E-state index contributed by atoms with van der Waals surface area (Å²) in [6.07, 6.45) is 6.42. The molecule has 2 nitrogen and oxygen atoms in total. The molecule has 0 bridgehead atoms. The molecular weight excluding hydrogens is 112 g/mol. The second-order valence-corrected chi connectivity index (χ2v) is 2.59. The second kappa shape index (κ2) is 2.87. The van der Waals surface area contributed by atoms with Gasteiger partial charge in [-0.15, -0.1) is 0 Å². The summed E-state index contributed by atoms with van der Waals surface area (Å²) in [5.74, 6) is 0. The standard InChI is InChI=1S/C7H14N2/c8-5-6-3-1-2-4-7(6)9/h5,7H,1-4,8-9H2/b6-5-. The lowest BCUT2D eigenvalue weighted by Crippen LogP contribution is -2.26. The molecule has 1 aliphatic carbocycles. The van der Waals surface area contributed by atoms with Crippen LogP contribution in [0.5, 0.6) is 0 Å². The molecule has 4 N–H and O–H groups in total. The fourth-order valence-electron chi connectivity index (χ4n) is 1.27. The molecular formula is C7H14N2. The molecule has 0 aliphatic heterocycles. The normalized spacial score (nSPS) is 33.0. The third kappa shape index (κ3) is 1.45. The van der Waals surface area contributed by atoms with Gasteiger partial charge in [0.25, 0.3) is 0 Å². The van der Waals surface area contributed by atoms with Gasteiger partial charge >= 0.3 is 0 Å². The first-order valence-electron chi connectivity index (χ1n) is 3.51. The van der Waals surface area contributed by atoms with Crippen molar-refractivity contribution in [2.45, 2.75) is 31.7 Å². The Kier molecular flexibility index (Phi) is 2.11. The average molecular weight is 126 g/mol. The molecule has 52 valence electrons. The summed E-state index contributed by atoms with van der Waals surface area (Å²) in [7, 11) is 0. The van der Waals surface area contributed by atoms with Gasteiger partial charge in [0.15, 0.2) is 0 Å². The summed E-state index contributed by atoms with van der Waals surface area (Å²) in [5, 5.41) is 0. The van der Waals surface area contributed by atoms with E-state index in [1.54, 1.807) is 6.20 Å². The predicted octanol–water partition coefficient (Wildman–Crippen LogP) is 0.730. The number of hydrogen-bond acceptors (Lipinski definition) is 2. The zero-order valence-corrected chi connectivity index (χ0v) is 5.64. The average Bonchev–Trinajstić information content (AvgIpc) is 1.89. The maximum atomic E-state index is 5.74. The van der Waals surface area contributed by atoms with Gasteiger partial charge in [-0.05, 0) is 31.0 Å². The van der Waals surface area contributed by atoms with Crippen molar-refractivity contribution in [3.8, 4) is 0 Å². The molecule has 1 rings (SSSR count). The molecule has 0 aromatic carbocycles. The van der Waals surface area contributed by atoms with Gasteiger partial charge in [0.2, 0.25) is 0 Å². The lowest BCUT2D eigenvalue weighted by molar-refractivity contribution is 0.535. The highest BCUT2D eigenvalue weighted by atomic mass is 14.7. The van der Waals surface area contributed by atoms with E-state index < -0.39 is 0 Å². The van der Waals surface area contributed by atoms with Gasteiger partial charge in [0.05, 0.1) is 0 Å². The summed E-state index contributed by atoms with van der Waals surface area (Å²) in [6, 6.07) is 0.253. The molecule has 1 aliphatic rings. The first kappa shape index (κ1) is 6.62. The van der Waals surface area contributed by atoms with E-state index in [2.05, 4.69) is 0 Å². The van der Waals surface area contributed by atoms with Gasteiger partial charge in [0.1, 0.15) is 0 Å². The fourth-order valence-corrected chi connectivity index (χ4v) is 1.27. The zero-order chi connectivity index (χ0) is 6.69. The van der Waals surface area contributed by atoms with Crippen LogP contribution in [0.25, 0.3) is 0 Å². The highest BCUT2D eigenvalue weighted by molar-refractivity contribution is 5.10. The van der Waals surface area contributed by atoms with Gasteiger partial charge in [-0.3, -0.25) is 0 Å². The molecule has 0 heterocycles. The lowest BCUT2D eigenvalue weighted by atomic mass is 9.91. The highest BCUT2D eigenvalue weighted by Gasteiger charge is 2.12. The predicted molar refractivity (Wildman–Crippen MR) is 38.7 cm³/mol. The Morgan fingerprint density at radius 3 is 2.67 bits per heavy atom. The van der Waals surface area contributed by atoms with E-state index in [-0.39, 0.29) is 6.04 Å². The number of hydrogen-bond donors (Lipinski definition) is 2. The van der Waals surface area contributed by atoms with Crippen molar-refractivity contribution >= 4 is 0 Å². The topological polar surface area (TPSA) is 52.0 Å². The van der Waals surface area contributed by atoms with E-state index in [1.165, 1.54) is 18.4 Å². The SMILES string of the molecule is N/C=C1/CCCCC1N. The van der Waals surface area contributed by atoms with Gasteiger partial charge in [-0.2, -0.15) is 0 Å². The quantitative estimate of drug-likeness (QED) is 0.502. The van der Waals surface area contributed by atoms with Gasteiger partial charge in [0, 0.05) is 6.04 Å². The van der Waals surface area contributed by atoms with Crippen LogP contribution in [0.2, 0.25) is 0 Å². The third-order valence-corrected chi connectivity index (χ3v) is 1.92. The Balaban J connectivity index is 2.49. The van der Waals surface area contributed by atoms with Crippen molar-refractivity contribution < 1.29 is 0 Å². The van der Waals surface area contributed by atoms with Crippen LogP contribution in [0.4, 0.5) is 0 Å². The Bertz CT molecular complexity index is 118. The summed E-state index contributed by atoms with van der Waals surface area (Å²) >= 11 is 0. The van der Waals surface area contributed by atoms with Gasteiger partial charge in [-0.1, -0.05) is 6.42 Å². The molecule has 2 heteroatoms. The molecule has 1 unspecified atom stereocenters. The van der Waals surface area contributed by atoms with Crippen LogP contribution in [0.3, 0.4) is 0 Å². The molecule has 1 saturated carbocycles. The first-order valence-corrected chi connectivity index (χ1v) is 3.51. The number of nitrogens with two attached hydrogens (primary N) is 2. The summed E-state index contributed by atoms with van der Waals surface area (Å²) in [6.45, 7) is 0. The molecule has 0 aromatic rings. The molecule has 0 saturated heterocycles. The third-order valence-electron chi connectivity index (χ3n) is 1.92. The maximum Gasteiger partial charge on any atom is 0.0270 e. The van der Waals surface area contributed by atoms with Crippen molar-refractivity contribution in [1.82, 2.24) is 0 Å². The van der Waals surface area contributed by atoms with E-state index in [9.17, 15) is 0 Å². The first-order chi connectivity index (χ1) is 4.34. The fraction of sp³-hybridized carbons (Fsp3) is 0.714. The van der Waals surface area contributed by atoms with Crippen LogP contribution in [0.1, 0.15) is 25.7 Å². The number of rotatable bonds is 0. The monoisotopic (exact) mass is 126 g/mol. The summed E-state index contributed by atoms with van der Waals surface area (Å²) in [5.41, 5.74) is 12.3. The van der Waals surface area contributed by atoms with Crippen LogP contribution < -0.4 is 11.5 Å². The van der Waals surface area contributed by atoms with Gasteiger partial charge < -0.3 is 11.5 Å². The molecule has 1 atom stereocenters. The smallest absolute Gasteiger partial charge is 0.0270 e.